The normalized spacial score (nSPS) is 11.4. The predicted octanol–water partition coefficient (Wildman–Crippen LogP) is -1.82. The minimum absolute atomic E-state index is 0.00415. The maximum absolute atomic E-state index is 11.7. The number of aliphatic carboxylic acids is 1. The molecular formula is C22H40N4O10. The van der Waals surface area contributed by atoms with Crippen LogP contribution in [0.3, 0.4) is 0 Å². The van der Waals surface area contributed by atoms with E-state index in [0.29, 0.717) is 26.3 Å². The van der Waals surface area contributed by atoms with E-state index in [9.17, 15) is 24.0 Å². The van der Waals surface area contributed by atoms with Gasteiger partial charge in [-0.2, -0.15) is 0 Å². The Morgan fingerprint density at radius 1 is 0.750 bits per heavy atom. The minimum atomic E-state index is -1.21. The molecular weight excluding hydrogens is 480 g/mol. The van der Waals surface area contributed by atoms with Crippen LogP contribution in [0, 0.1) is 0 Å². The van der Waals surface area contributed by atoms with Gasteiger partial charge in [0.2, 0.25) is 24.1 Å². The van der Waals surface area contributed by atoms with Crippen molar-refractivity contribution in [3.63, 3.8) is 0 Å². The second-order valence-electron chi connectivity index (χ2n) is 7.45. The molecule has 208 valence electrons. The van der Waals surface area contributed by atoms with Crippen LogP contribution in [0.2, 0.25) is 0 Å². The average Bonchev–Trinajstić information content (AvgIpc) is 2.84. The van der Waals surface area contributed by atoms with Crippen LogP contribution >= 0.6 is 0 Å². The topological polar surface area (TPSA) is 191 Å². The fourth-order valence-electron chi connectivity index (χ4n) is 2.53. The van der Waals surface area contributed by atoms with Crippen LogP contribution < -0.4 is 21.3 Å². The van der Waals surface area contributed by atoms with Crippen LogP contribution in [0.15, 0.2) is 0 Å². The molecule has 0 aliphatic rings. The number of nitrogens with one attached hydrogen (secondary N) is 4. The van der Waals surface area contributed by atoms with Crippen molar-refractivity contribution in [2.24, 2.45) is 0 Å². The summed E-state index contributed by atoms with van der Waals surface area (Å²) >= 11 is 0. The van der Waals surface area contributed by atoms with E-state index < -0.39 is 12.0 Å². The zero-order valence-corrected chi connectivity index (χ0v) is 20.9. The number of carbonyl (C=O) groups excluding carboxylic acids is 4. The Labute approximate surface area is 211 Å². The van der Waals surface area contributed by atoms with Gasteiger partial charge in [-0.3, -0.25) is 19.2 Å². The maximum atomic E-state index is 11.7. The van der Waals surface area contributed by atoms with Gasteiger partial charge in [0, 0.05) is 26.1 Å². The summed E-state index contributed by atoms with van der Waals surface area (Å²) in [6.07, 6.45) is 2.17. The number of hydrogen-bond donors (Lipinski definition) is 5. The number of ether oxygens (including phenoxy) is 4. The summed E-state index contributed by atoms with van der Waals surface area (Å²) in [5.41, 5.74) is 0. The summed E-state index contributed by atoms with van der Waals surface area (Å²) < 4.78 is 21.0. The van der Waals surface area contributed by atoms with Gasteiger partial charge in [0.05, 0.1) is 39.6 Å². The zero-order chi connectivity index (χ0) is 26.9. The molecule has 0 aromatic rings. The van der Waals surface area contributed by atoms with Gasteiger partial charge in [-0.15, -0.1) is 0 Å². The van der Waals surface area contributed by atoms with Gasteiger partial charge in [-0.25, -0.2) is 4.79 Å². The highest BCUT2D eigenvalue weighted by atomic mass is 16.5. The van der Waals surface area contributed by atoms with Gasteiger partial charge >= 0.3 is 5.97 Å². The van der Waals surface area contributed by atoms with Crippen molar-refractivity contribution in [1.82, 2.24) is 21.3 Å². The molecule has 14 heteroatoms. The number of amides is 4. The van der Waals surface area contributed by atoms with Crippen LogP contribution in [0.1, 0.15) is 32.6 Å². The van der Waals surface area contributed by atoms with Crippen molar-refractivity contribution in [3.05, 3.63) is 0 Å². The number of carboxylic acids is 1. The molecule has 1 unspecified atom stereocenters. The lowest BCUT2D eigenvalue weighted by Gasteiger charge is -2.11. The highest BCUT2D eigenvalue weighted by molar-refractivity contribution is 5.79. The van der Waals surface area contributed by atoms with Crippen molar-refractivity contribution >= 4 is 30.1 Å². The summed E-state index contributed by atoms with van der Waals surface area (Å²) in [5, 5.41) is 18.9. The Hall–Kier alpha value is -2.81. The van der Waals surface area contributed by atoms with Gasteiger partial charge in [0.15, 0.2) is 0 Å². The van der Waals surface area contributed by atoms with Crippen molar-refractivity contribution in [1.29, 1.82) is 0 Å². The second-order valence-corrected chi connectivity index (χ2v) is 7.45. The summed E-state index contributed by atoms with van der Waals surface area (Å²) in [6, 6.07) is -1.10. The fourth-order valence-corrected chi connectivity index (χ4v) is 2.53. The highest BCUT2D eigenvalue weighted by Gasteiger charge is 2.17. The van der Waals surface area contributed by atoms with Gasteiger partial charge < -0.3 is 45.3 Å². The average molecular weight is 521 g/mol. The first kappa shape index (κ1) is 33.2. The number of hydrogen-bond acceptors (Lipinski definition) is 9. The standard InChI is InChI=1S/C22H40N4O10/c1-2-3-6-23-20(29)15-35-13-12-34-10-8-25-21(30)16-36-14-11-33-9-7-24-19(28)5-4-18(22(31)32)26-17-27/h17-18H,2-16H2,1H3,(H,23,29)(H,24,28)(H,25,30)(H,26,27)(H,31,32). The lowest BCUT2D eigenvalue weighted by atomic mass is 10.1. The van der Waals surface area contributed by atoms with Crippen LogP contribution in [0.4, 0.5) is 0 Å². The number of carboxylic acid groups (broad SMARTS) is 1. The first-order chi connectivity index (χ1) is 17.4. The summed E-state index contributed by atoms with van der Waals surface area (Å²) in [5.74, 6) is -2.01. The molecule has 14 nitrogen and oxygen atoms in total. The Morgan fingerprint density at radius 2 is 1.25 bits per heavy atom. The SMILES string of the molecule is CCCCNC(=O)COCCOCCNC(=O)COCCOCCNC(=O)CCC(NC=O)C(=O)O. The maximum Gasteiger partial charge on any atom is 0.326 e. The van der Waals surface area contributed by atoms with E-state index in [1.807, 2.05) is 6.92 Å². The largest absolute Gasteiger partial charge is 0.480 e. The van der Waals surface area contributed by atoms with Gasteiger partial charge in [-0.05, 0) is 12.8 Å². The van der Waals surface area contributed by atoms with Crippen molar-refractivity contribution in [2.45, 2.75) is 38.6 Å². The molecule has 1 atom stereocenters. The Kier molecular flexibility index (Phi) is 22.0. The van der Waals surface area contributed by atoms with Gasteiger partial charge in [0.1, 0.15) is 19.3 Å². The lowest BCUT2D eigenvalue weighted by molar-refractivity contribution is -0.141. The minimum Gasteiger partial charge on any atom is -0.480 e. The van der Waals surface area contributed by atoms with Crippen molar-refractivity contribution in [2.75, 3.05) is 72.5 Å². The molecule has 0 radical (unpaired) electrons. The number of unbranched alkanes of at least 4 members (excludes halogenated alkanes) is 1. The first-order valence-corrected chi connectivity index (χ1v) is 11.9. The third-order valence-electron chi connectivity index (χ3n) is 4.43. The third-order valence-corrected chi connectivity index (χ3v) is 4.43. The third kappa shape index (κ3) is 21.7. The van der Waals surface area contributed by atoms with Crippen molar-refractivity contribution in [3.8, 4) is 0 Å². The van der Waals surface area contributed by atoms with E-state index in [1.165, 1.54) is 0 Å². The Balaban J connectivity index is 3.45. The fraction of sp³-hybridized carbons (Fsp3) is 0.773. The van der Waals surface area contributed by atoms with E-state index in [0.717, 1.165) is 12.8 Å². The highest BCUT2D eigenvalue weighted by Crippen LogP contribution is 1.97. The van der Waals surface area contributed by atoms with Gasteiger partial charge in [0.25, 0.3) is 0 Å². The molecule has 0 aromatic heterocycles. The quantitative estimate of drug-likeness (QED) is 0.0677. The Bertz CT molecular complexity index is 636. The van der Waals surface area contributed by atoms with E-state index in [2.05, 4.69) is 21.3 Å². The second kappa shape index (κ2) is 23.9. The molecule has 0 saturated carbocycles. The van der Waals surface area contributed by atoms with E-state index in [1.54, 1.807) is 0 Å². The van der Waals surface area contributed by atoms with E-state index in [4.69, 9.17) is 24.1 Å². The van der Waals surface area contributed by atoms with E-state index in [-0.39, 0.29) is 83.2 Å². The molecule has 0 fully saturated rings. The van der Waals surface area contributed by atoms with Crippen LogP contribution in [0.5, 0.6) is 0 Å². The molecule has 0 aromatic carbocycles. The lowest BCUT2D eigenvalue weighted by Crippen LogP contribution is -2.37. The zero-order valence-electron chi connectivity index (χ0n) is 20.9. The van der Waals surface area contributed by atoms with Gasteiger partial charge in [-0.1, -0.05) is 13.3 Å². The Morgan fingerprint density at radius 3 is 1.75 bits per heavy atom. The number of carbonyl (C=O) groups is 5. The molecule has 0 bridgehead atoms. The smallest absolute Gasteiger partial charge is 0.326 e. The molecule has 5 N–H and O–H groups in total. The molecule has 0 rings (SSSR count). The molecule has 0 aliphatic heterocycles. The van der Waals surface area contributed by atoms with Crippen LogP contribution in [0.25, 0.3) is 0 Å². The molecule has 0 heterocycles. The van der Waals surface area contributed by atoms with E-state index >= 15 is 0 Å². The summed E-state index contributed by atoms with van der Waals surface area (Å²) in [4.78, 5) is 55.9. The van der Waals surface area contributed by atoms with Crippen molar-refractivity contribution < 1.29 is 48.0 Å². The van der Waals surface area contributed by atoms with Crippen LogP contribution in [-0.4, -0.2) is 114 Å². The molecule has 0 spiro atoms. The monoisotopic (exact) mass is 520 g/mol. The molecule has 4 amide bonds. The summed E-state index contributed by atoms with van der Waals surface area (Å²) in [6.45, 7) is 4.65. The number of rotatable bonds is 25. The molecule has 0 saturated heterocycles. The summed E-state index contributed by atoms with van der Waals surface area (Å²) in [7, 11) is 0. The predicted molar refractivity (Wildman–Crippen MR) is 127 cm³/mol. The first-order valence-electron chi connectivity index (χ1n) is 11.9. The molecule has 0 aliphatic carbocycles. The molecule has 36 heavy (non-hydrogen) atoms. The van der Waals surface area contributed by atoms with Crippen LogP contribution in [-0.2, 0) is 42.9 Å².